The second-order valence-corrected chi connectivity index (χ2v) is 5.22. The first-order valence-electron chi connectivity index (χ1n) is 6.08. The molecule has 1 aliphatic heterocycles. The van der Waals surface area contributed by atoms with E-state index in [0.29, 0.717) is 5.75 Å². The van der Waals surface area contributed by atoms with Gasteiger partial charge in [0.1, 0.15) is 5.75 Å². The molecule has 0 aliphatic carbocycles. The Kier molecular flexibility index (Phi) is 4.71. The number of phenols is 1. The SMILES string of the molecule is CSc1ccc(CCN2CCNCC2)c(O)c1. The first-order chi connectivity index (χ1) is 8.29. The maximum atomic E-state index is 9.91. The van der Waals surface area contributed by atoms with Crippen LogP contribution in [-0.4, -0.2) is 49.0 Å². The van der Waals surface area contributed by atoms with Crippen LogP contribution in [0.4, 0.5) is 0 Å². The number of piperazine rings is 1. The molecule has 1 heterocycles. The molecular weight excluding hydrogens is 232 g/mol. The van der Waals surface area contributed by atoms with Crippen molar-refractivity contribution in [3.05, 3.63) is 23.8 Å². The van der Waals surface area contributed by atoms with E-state index in [1.54, 1.807) is 11.8 Å². The van der Waals surface area contributed by atoms with Gasteiger partial charge in [0.15, 0.2) is 0 Å². The quantitative estimate of drug-likeness (QED) is 0.797. The van der Waals surface area contributed by atoms with Crippen molar-refractivity contribution in [2.24, 2.45) is 0 Å². The van der Waals surface area contributed by atoms with Gasteiger partial charge in [-0.25, -0.2) is 0 Å². The lowest BCUT2D eigenvalue weighted by Crippen LogP contribution is -2.44. The van der Waals surface area contributed by atoms with Crippen LogP contribution in [0, 0.1) is 0 Å². The Morgan fingerprint density at radius 3 is 2.76 bits per heavy atom. The van der Waals surface area contributed by atoms with Crippen molar-refractivity contribution in [1.29, 1.82) is 0 Å². The van der Waals surface area contributed by atoms with E-state index in [2.05, 4.69) is 16.3 Å². The molecular formula is C13H20N2OS. The third-order valence-corrected chi connectivity index (χ3v) is 3.92. The van der Waals surface area contributed by atoms with Crippen molar-refractivity contribution in [3.63, 3.8) is 0 Å². The molecule has 4 heteroatoms. The van der Waals surface area contributed by atoms with Crippen molar-refractivity contribution in [1.82, 2.24) is 10.2 Å². The molecule has 94 valence electrons. The summed E-state index contributed by atoms with van der Waals surface area (Å²) >= 11 is 1.66. The lowest BCUT2D eigenvalue weighted by Gasteiger charge is -2.27. The number of rotatable bonds is 4. The minimum absolute atomic E-state index is 0.437. The molecule has 0 spiro atoms. The highest BCUT2D eigenvalue weighted by atomic mass is 32.2. The molecule has 3 nitrogen and oxygen atoms in total. The zero-order valence-electron chi connectivity index (χ0n) is 10.3. The molecule has 0 unspecified atom stereocenters. The lowest BCUT2D eigenvalue weighted by molar-refractivity contribution is 0.243. The predicted octanol–water partition coefficient (Wildman–Crippen LogP) is 1.56. The Bertz CT molecular complexity index is 364. The number of nitrogens with zero attached hydrogens (tertiary/aromatic N) is 1. The Hall–Kier alpha value is -0.710. The van der Waals surface area contributed by atoms with E-state index >= 15 is 0 Å². The van der Waals surface area contributed by atoms with Crippen LogP contribution >= 0.6 is 11.8 Å². The molecule has 17 heavy (non-hydrogen) atoms. The van der Waals surface area contributed by atoms with E-state index in [4.69, 9.17) is 0 Å². The number of nitrogens with one attached hydrogen (secondary N) is 1. The summed E-state index contributed by atoms with van der Waals surface area (Å²) in [7, 11) is 0. The van der Waals surface area contributed by atoms with Gasteiger partial charge in [0.2, 0.25) is 0 Å². The maximum absolute atomic E-state index is 9.91. The fourth-order valence-electron chi connectivity index (χ4n) is 2.10. The number of aromatic hydroxyl groups is 1. The summed E-state index contributed by atoms with van der Waals surface area (Å²) in [6.45, 7) is 5.43. The van der Waals surface area contributed by atoms with Crippen LogP contribution in [0.1, 0.15) is 5.56 Å². The zero-order valence-corrected chi connectivity index (χ0v) is 11.1. The lowest BCUT2D eigenvalue weighted by atomic mass is 10.1. The topological polar surface area (TPSA) is 35.5 Å². The van der Waals surface area contributed by atoms with Gasteiger partial charge in [-0.3, -0.25) is 0 Å². The Morgan fingerprint density at radius 2 is 2.12 bits per heavy atom. The molecule has 0 radical (unpaired) electrons. The van der Waals surface area contributed by atoms with Crippen molar-refractivity contribution in [2.45, 2.75) is 11.3 Å². The van der Waals surface area contributed by atoms with Gasteiger partial charge in [0.05, 0.1) is 0 Å². The van der Waals surface area contributed by atoms with E-state index in [0.717, 1.165) is 49.6 Å². The fourth-order valence-corrected chi connectivity index (χ4v) is 2.53. The van der Waals surface area contributed by atoms with Gasteiger partial charge in [0.25, 0.3) is 0 Å². The Labute approximate surface area is 107 Å². The zero-order chi connectivity index (χ0) is 12.1. The van der Waals surface area contributed by atoms with Crippen LogP contribution in [-0.2, 0) is 6.42 Å². The van der Waals surface area contributed by atoms with Crippen LogP contribution in [0.2, 0.25) is 0 Å². The minimum Gasteiger partial charge on any atom is -0.508 e. The number of hydrogen-bond acceptors (Lipinski definition) is 4. The highest BCUT2D eigenvalue weighted by Gasteiger charge is 2.10. The summed E-state index contributed by atoms with van der Waals surface area (Å²) in [5.41, 5.74) is 1.06. The molecule has 0 bridgehead atoms. The standard InChI is InChI=1S/C13H20N2OS/c1-17-12-3-2-11(13(16)10-12)4-7-15-8-5-14-6-9-15/h2-3,10,14,16H,4-9H2,1H3. The maximum Gasteiger partial charge on any atom is 0.119 e. The van der Waals surface area contributed by atoms with E-state index in [-0.39, 0.29) is 0 Å². The molecule has 0 aromatic heterocycles. The summed E-state index contributed by atoms with van der Waals surface area (Å²) in [5, 5.41) is 13.3. The molecule has 1 aromatic carbocycles. The largest absolute Gasteiger partial charge is 0.508 e. The highest BCUT2D eigenvalue weighted by Crippen LogP contribution is 2.24. The highest BCUT2D eigenvalue weighted by molar-refractivity contribution is 7.98. The van der Waals surface area contributed by atoms with E-state index in [1.807, 2.05) is 18.4 Å². The van der Waals surface area contributed by atoms with Crippen molar-refractivity contribution in [3.8, 4) is 5.75 Å². The molecule has 0 amide bonds. The molecule has 1 aliphatic rings. The minimum atomic E-state index is 0.437. The van der Waals surface area contributed by atoms with Crippen LogP contribution in [0.3, 0.4) is 0 Å². The van der Waals surface area contributed by atoms with Crippen molar-refractivity contribution < 1.29 is 5.11 Å². The smallest absolute Gasteiger partial charge is 0.119 e. The summed E-state index contributed by atoms with van der Waals surface area (Å²) in [6, 6.07) is 5.98. The molecule has 0 atom stereocenters. The molecule has 2 N–H and O–H groups in total. The van der Waals surface area contributed by atoms with Crippen molar-refractivity contribution >= 4 is 11.8 Å². The van der Waals surface area contributed by atoms with E-state index in [1.165, 1.54) is 0 Å². The third-order valence-electron chi connectivity index (χ3n) is 3.20. The summed E-state index contributed by atoms with van der Waals surface area (Å²) in [4.78, 5) is 3.56. The molecule has 0 saturated carbocycles. The summed E-state index contributed by atoms with van der Waals surface area (Å²) in [6.07, 6.45) is 2.95. The number of hydrogen-bond donors (Lipinski definition) is 2. The van der Waals surface area contributed by atoms with E-state index < -0.39 is 0 Å². The van der Waals surface area contributed by atoms with E-state index in [9.17, 15) is 5.11 Å². The van der Waals surface area contributed by atoms with Crippen LogP contribution in [0.25, 0.3) is 0 Å². The second-order valence-electron chi connectivity index (χ2n) is 4.34. The normalized spacial score (nSPS) is 17.2. The van der Waals surface area contributed by atoms with Gasteiger partial charge < -0.3 is 15.3 Å². The number of phenolic OH excluding ortho intramolecular Hbond substituents is 1. The Balaban J connectivity index is 1.89. The number of benzene rings is 1. The first kappa shape index (κ1) is 12.7. The third kappa shape index (κ3) is 3.63. The van der Waals surface area contributed by atoms with Gasteiger partial charge in [-0.15, -0.1) is 11.8 Å². The first-order valence-corrected chi connectivity index (χ1v) is 7.31. The van der Waals surface area contributed by atoms with Gasteiger partial charge in [-0.05, 0) is 30.4 Å². The summed E-state index contributed by atoms with van der Waals surface area (Å²) < 4.78 is 0. The monoisotopic (exact) mass is 252 g/mol. The Morgan fingerprint density at radius 1 is 1.35 bits per heavy atom. The van der Waals surface area contributed by atoms with Crippen molar-refractivity contribution in [2.75, 3.05) is 39.0 Å². The van der Waals surface area contributed by atoms with Crippen LogP contribution < -0.4 is 5.32 Å². The molecule has 2 rings (SSSR count). The van der Waals surface area contributed by atoms with Gasteiger partial charge in [-0.2, -0.15) is 0 Å². The molecule has 1 fully saturated rings. The van der Waals surface area contributed by atoms with Crippen LogP contribution in [0.15, 0.2) is 23.1 Å². The average Bonchev–Trinajstić information content (AvgIpc) is 2.38. The fraction of sp³-hybridized carbons (Fsp3) is 0.538. The summed E-state index contributed by atoms with van der Waals surface area (Å²) in [5.74, 6) is 0.437. The predicted molar refractivity (Wildman–Crippen MR) is 72.9 cm³/mol. The average molecular weight is 252 g/mol. The second kappa shape index (κ2) is 6.28. The van der Waals surface area contributed by atoms with Gasteiger partial charge >= 0.3 is 0 Å². The van der Waals surface area contributed by atoms with Gasteiger partial charge in [-0.1, -0.05) is 6.07 Å². The number of thioether (sulfide) groups is 1. The van der Waals surface area contributed by atoms with Crippen LogP contribution in [0.5, 0.6) is 5.75 Å². The van der Waals surface area contributed by atoms with Gasteiger partial charge in [0, 0.05) is 37.6 Å². The molecule has 1 saturated heterocycles. The molecule has 1 aromatic rings.